The number of carbonyl (C=O) groups excluding carboxylic acids is 2. The molecule has 3 rings (SSSR count). The summed E-state index contributed by atoms with van der Waals surface area (Å²) in [6.07, 6.45) is 0.168. The Morgan fingerprint density at radius 3 is 3.00 bits per heavy atom. The van der Waals surface area contributed by atoms with Crippen LogP contribution in [0.5, 0.6) is 0 Å². The minimum absolute atomic E-state index is 0.0967. The molecule has 3 heterocycles. The molecule has 2 aromatic rings. The van der Waals surface area contributed by atoms with E-state index in [1.807, 2.05) is 6.92 Å². The molecule has 1 aliphatic rings. The second kappa shape index (κ2) is 7.92. The highest BCUT2D eigenvalue weighted by Gasteiger charge is 2.38. The first kappa shape index (κ1) is 18.5. The predicted molar refractivity (Wildman–Crippen MR) is 93.4 cm³/mol. The average molecular weight is 379 g/mol. The third-order valence-electron chi connectivity index (χ3n) is 4.04. The molecule has 0 bridgehead atoms. The Bertz CT molecular complexity index is 789. The van der Waals surface area contributed by atoms with Gasteiger partial charge < -0.3 is 14.2 Å². The van der Waals surface area contributed by atoms with Crippen molar-refractivity contribution < 1.29 is 18.8 Å². The van der Waals surface area contributed by atoms with E-state index in [0.29, 0.717) is 47.9 Å². The second-order valence-corrected chi connectivity index (χ2v) is 7.18. The highest BCUT2D eigenvalue weighted by molar-refractivity contribution is 7.15. The van der Waals surface area contributed by atoms with Crippen LogP contribution in [0.3, 0.4) is 0 Å². The Kier molecular flexibility index (Phi) is 5.62. The van der Waals surface area contributed by atoms with Gasteiger partial charge in [0.2, 0.25) is 16.9 Å². The largest absolute Gasteiger partial charge is 0.374 e. The lowest BCUT2D eigenvalue weighted by atomic mass is 10.1. The van der Waals surface area contributed by atoms with Crippen LogP contribution in [0.25, 0.3) is 0 Å². The molecule has 0 N–H and O–H groups in total. The quantitative estimate of drug-likeness (QED) is 0.716. The van der Waals surface area contributed by atoms with E-state index in [-0.39, 0.29) is 18.2 Å². The number of ether oxygens (including phenoxy) is 1. The minimum atomic E-state index is -0.403. The van der Waals surface area contributed by atoms with Crippen LogP contribution in [0.4, 0.5) is 5.13 Å². The molecule has 1 aliphatic heterocycles. The first-order valence-electron chi connectivity index (χ1n) is 8.35. The van der Waals surface area contributed by atoms with Crippen LogP contribution >= 0.6 is 11.3 Å². The average Bonchev–Trinajstić information content (AvgIpc) is 3.32. The lowest BCUT2D eigenvalue weighted by Crippen LogP contribution is -2.34. The van der Waals surface area contributed by atoms with E-state index < -0.39 is 5.92 Å². The lowest BCUT2D eigenvalue weighted by molar-refractivity contribution is -0.135. The molecule has 0 spiro atoms. The van der Waals surface area contributed by atoms with Gasteiger partial charge in [-0.3, -0.25) is 14.5 Å². The monoisotopic (exact) mass is 379 g/mol. The number of nitrogens with zero attached hydrogens (tertiary/aromatic N) is 5. The highest BCUT2D eigenvalue weighted by atomic mass is 32.1. The molecule has 9 nitrogen and oxygen atoms in total. The van der Waals surface area contributed by atoms with Crippen molar-refractivity contribution in [2.24, 2.45) is 5.92 Å². The molecular formula is C16H21N5O4S. The molecule has 1 saturated heterocycles. The topological polar surface area (TPSA) is 102 Å². The van der Waals surface area contributed by atoms with Gasteiger partial charge in [0.15, 0.2) is 0 Å². The van der Waals surface area contributed by atoms with E-state index in [1.165, 1.54) is 16.2 Å². The maximum absolute atomic E-state index is 12.7. The Labute approximate surface area is 154 Å². The molecule has 140 valence electrons. The van der Waals surface area contributed by atoms with Gasteiger partial charge in [-0.2, -0.15) is 0 Å². The van der Waals surface area contributed by atoms with Gasteiger partial charge in [0.1, 0.15) is 23.1 Å². The van der Waals surface area contributed by atoms with Crippen molar-refractivity contribution in [3.63, 3.8) is 0 Å². The summed E-state index contributed by atoms with van der Waals surface area (Å²) in [5, 5.41) is 13.2. The SMILES string of the molecule is CCOCc1nnc(N2CC(C(=O)N(C)Cc3cc(C)on3)CC2=O)s1. The van der Waals surface area contributed by atoms with Crippen LogP contribution < -0.4 is 4.90 Å². The summed E-state index contributed by atoms with van der Waals surface area (Å²) < 4.78 is 10.3. The molecule has 0 aromatic carbocycles. The summed E-state index contributed by atoms with van der Waals surface area (Å²) in [6.45, 7) is 5.32. The summed E-state index contributed by atoms with van der Waals surface area (Å²) in [4.78, 5) is 28.1. The van der Waals surface area contributed by atoms with E-state index >= 15 is 0 Å². The molecule has 0 aliphatic carbocycles. The maximum atomic E-state index is 12.7. The van der Waals surface area contributed by atoms with Crippen molar-refractivity contribution in [1.29, 1.82) is 0 Å². The predicted octanol–water partition coefficient (Wildman–Crippen LogP) is 1.38. The van der Waals surface area contributed by atoms with Gasteiger partial charge >= 0.3 is 0 Å². The van der Waals surface area contributed by atoms with Gasteiger partial charge in [-0.15, -0.1) is 10.2 Å². The zero-order valence-electron chi connectivity index (χ0n) is 15.0. The van der Waals surface area contributed by atoms with Crippen molar-refractivity contribution in [2.75, 3.05) is 25.1 Å². The number of amides is 2. The summed E-state index contributed by atoms with van der Waals surface area (Å²) in [5.41, 5.74) is 0.684. The number of aryl methyl sites for hydroxylation is 1. The van der Waals surface area contributed by atoms with Crippen LogP contribution in [0.1, 0.15) is 29.8 Å². The standard InChI is InChI=1S/C16H21N5O4S/c1-4-24-9-13-17-18-16(26-13)21-7-11(6-14(21)22)15(23)20(3)8-12-5-10(2)25-19-12/h5,11H,4,6-9H2,1-3H3. The fourth-order valence-corrected chi connectivity index (χ4v) is 3.59. The van der Waals surface area contributed by atoms with Crippen molar-refractivity contribution >= 4 is 28.3 Å². The van der Waals surface area contributed by atoms with Gasteiger partial charge in [0.25, 0.3) is 0 Å². The second-order valence-electron chi connectivity index (χ2n) is 6.14. The summed E-state index contributed by atoms with van der Waals surface area (Å²) in [6, 6.07) is 1.79. The Balaban J connectivity index is 1.61. The Morgan fingerprint density at radius 1 is 1.50 bits per heavy atom. The molecule has 10 heteroatoms. The molecule has 1 unspecified atom stereocenters. The van der Waals surface area contributed by atoms with Gasteiger partial charge in [-0.25, -0.2) is 0 Å². The van der Waals surface area contributed by atoms with E-state index in [4.69, 9.17) is 9.26 Å². The van der Waals surface area contributed by atoms with Crippen LogP contribution in [-0.2, 0) is 27.5 Å². The fraction of sp³-hybridized carbons (Fsp3) is 0.562. The Hall–Kier alpha value is -2.33. The zero-order valence-corrected chi connectivity index (χ0v) is 15.8. The third-order valence-corrected chi connectivity index (χ3v) is 4.96. The smallest absolute Gasteiger partial charge is 0.229 e. The molecule has 1 atom stereocenters. The first-order valence-corrected chi connectivity index (χ1v) is 9.17. The molecule has 2 aromatic heterocycles. The van der Waals surface area contributed by atoms with Gasteiger partial charge in [0.05, 0.1) is 12.5 Å². The van der Waals surface area contributed by atoms with Gasteiger partial charge in [0, 0.05) is 32.7 Å². The summed E-state index contributed by atoms with van der Waals surface area (Å²) in [7, 11) is 1.70. The number of rotatable bonds is 7. The number of aromatic nitrogens is 3. The van der Waals surface area contributed by atoms with E-state index in [1.54, 1.807) is 24.9 Å². The van der Waals surface area contributed by atoms with Crippen LogP contribution in [0.15, 0.2) is 10.6 Å². The summed E-state index contributed by atoms with van der Waals surface area (Å²) >= 11 is 1.31. The molecule has 0 saturated carbocycles. The van der Waals surface area contributed by atoms with E-state index in [9.17, 15) is 9.59 Å². The molecule has 1 fully saturated rings. The van der Waals surface area contributed by atoms with Crippen molar-refractivity contribution in [3.8, 4) is 0 Å². The number of anilines is 1. The maximum Gasteiger partial charge on any atom is 0.229 e. The molecular weight excluding hydrogens is 358 g/mol. The normalized spacial score (nSPS) is 17.1. The van der Waals surface area contributed by atoms with Crippen LogP contribution in [0, 0.1) is 12.8 Å². The van der Waals surface area contributed by atoms with E-state index in [0.717, 1.165) is 0 Å². The van der Waals surface area contributed by atoms with Crippen molar-refractivity contribution in [3.05, 3.63) is 22.5 Å². The highest BCUT2D eigenvalue weighted by Crippen LogP contribution is 2.29. The first-order chi connectivity index (χ1) is 12.5. The molecule has 0 radical (unpaired) electrons. The molecule has 26 heavy (non-hydrogen) atoms. The van der Waals surface area contributed by atoms with Crippen molar-refractivity contribution in [2.45, 2.75) is 33.4 Å². The zero-order chi connectivity index (χ0) is 18.7. The van der Waals surface area contributed by atoms with Crippen LogP contribution in [-0.4, -0.2) is 52.3 Å². The molecule has 2 amide bonds. The fourth-order valence-electron chi connectivity index (χ4n) is 2.78. The number of hydrogen-bond donors (Lipinski definition) is 0. The number of hydrogen-bond acceptors (Lipinski definition) is 8. The minimum Gasteiger partial charge on any atom is -0.374 e. The lowest BCUT2D eigenvalue weighted by Gasteiger charge is -2.19. The van der Waals surface area contributed by atoms with Gasteiger partial charge in [-0.05, 0) is 13.8 Å². The Morgan fingerprint density at radius 2 is 2.31 bits per heavy atom. The number of carbonyl (C=O) groups is 2. The van der Waals surface area contributed by atoms with Gasteiger partial charge in [-0.1, -0.05) is 16.5 Å². The van der Waals surface area contributed by atoms with E-state index in [2.05, 4.69) is 15.4 Å². The summed E-state index contributed by atoms with van der Waals surface area (Å²) in [5.74, 6) is 0.0793. The van der Waals surface area contributed by atoms with Crippen molar-refractivity contribution in [1.82, 2.24) is 20.3 Å². The third kappa shape index (κ3) is 4.07. The van der Waals surface area contributed by atoms with Crippen LogP contribution in [0.2, 0.25) is 0 Å².